The quantitative estimate of drug-likeness (QED) is 0.278. The maximum Gasteiger partial charge on any atom is 0.452 e. The van der Waals surface area contributed by atoms with Crippen molar-refractivity contribution in [3.63, 3.8) is 0 Å². The van der Waals surface area contributed by atoms with Crippen molar-refractivity contribution in [2.75, 3.05) is 0 Å². The summed E-state index contributed by atoms with van der Waals surface area (Å²) in [5.74, 6) is -5.24. The lowest BCUT2D eigenvalue weighted by atomic mass is 9.87. The van der Waals surface area contributed by atoms with Crippen molar-refractivity contribution < 1.29 is 27.6 Å². The van der Waals surface area contributed by atoms with Crippen LogP contribution in [0.2, 0.25) is 5.02 Å². The van der Waals surface area contributed by atoms with Gasteiger partial charge in [0.25, 0.3) is 5.78 Å². The number of alkyl halides is 3. The van der Waals surface area contributed by atoms with Crippen LogP contribution in [0.15, 0.2) is 84.9 Å². The Hall–Kier alpha value is -3.65. The highest BCUT2D eigenvalue weighted by Gasteiger charge is 2.45. The molecule has 0 aliphatic rings. The topological polar surface area (TPSA) is 75.3 Å². The zero-order valence-corrected chi connectivity index (χ0v) is 23.2. The van der Waals surface area contributed by atoms with Gasteiger partial charge in [-0.25, -0.2) is 0 Å². The molecule has 4 atom stereocenters. The Morgan fingerprint density at radius 3 is 1.82 bits per heavy atom. The van der Waals surface area contributed by atoms with Gasteiger partial charge in [-0.3, -0.25) is 14.4 Å². The maximum absolute atomic E-state index is 13.5. The molecule has 3 aromatic rings. The lowest BCUT2D eigenvalue weighted by Crippen LogP contribution is -2.56. The molecule has 5 nitrogen and oxygen atoms in total. The SMILES string of the molecule is CC(C)[C@H](NC(=O)C(NC(=O)CC(c1ccccc1)c1cccc(Cl)c1)[C@@H](C)c1ccccc1)C(=O)C(F)(F)F. The molecule has 40 heavy (non-hydrogen) atoms. The van der Waals surface area contributed by atoms with Crippen LogP contribution < -0.4 is 10.6 Å². The van der Waals surface area contributed by atoms with Gasteiger partial charge in [-0.2, -0.15) is 13.2 Å². The van der Waals surface area contributed by atoms with E-state index in [9.17, 15) is 27.6 Å². The highest BCUT2D eigenvalue weighted by Crippen LogP contribution is 2.30. The van der Waals surface area contributed by atoms with Gasteiger partial charge in [-0.1, -0.05) is 105 Å². The van der Waals surface area contributed by atoms with Crippen molar-refractivity contribution in [2.45, 2.75) is 57.3 Å². The minimum Gasteiger partial charge on any atom is -0.344 e. The number of benzene rings is 3. The van der Waals surface area contributed by atoms with E-state index in [0.717, 1.165) is 11.1 Å². The van der Waals surface area contributed by atoms with Crippen LogP contribution in [0.3, 0.4) is 0 Å². The molecule has 0 radical (unpaired) electrons. The third-order valence-electron chi connectivity index (χ3n) is 6.79. The normalized spacial score (nSPS) is 14.6. The van der Waals surface area contributed by atoms with Crippen LogP contribution in [0.25, 0.3) is 0 Å². The lowest BCUT2D eigenvalue weighted by molar-refractivity contribution is -0.175. The molecule has 0 spiro atoms. The molecular weight excluding hydrogens is 541 g/mol. The Morgan fingerprint density at radius 2 is 1.30 bits per heavy atom. The Kier molecular flexibility index (Phi) is 10.5. The molecule has 3 rings (SSSR count). The Balaban J connectivity index is 1.91. The van der Waals surface area contributed by atoms with Crippen LogP contribution in [-0.4, -0.2) is 35.9 Å². The van der Waals surface area contributed by atoms with Gasteiger partial charge in [0.15, 0.2) is 0 Å². The number of amides is 2. The van der Waals surface area contributed by atoms with Crippen LogP contribution in [0.1, 0.15) is 55.7 Å². The molecule has 0 aromatic heterocycles. The Labute approximate surface area is 237 Å². The van der Waals surface area contributed by atoms with Gasteiger partial charge < -0.3 is 10.6 Å². The molecule has 0 heterocycles. The fourth-order valence-electron chi connectivity index (χ4n) is 4.58. The molecule has 2 amide bonds. The van der Waals surface area contributed by atoms with E-state index in [1.807, 2.05) is 36.4 Å². The summed E-state index contributed by atoms with van der Waals surface area (Å²) in [4.78, 5) is 39.0. The van der Waals surface area contributed by atoms with Gasteiger partial charge >= 0.3 is 6.18 Å². The van der Waals surface area contributed by atoms with Gasteiger partial charge in [0.05, 0.1) is 6.04 Å². The molecule has 0 aliphatic heterocycles. The summed E-state index contributed by atoms with van der Waals surface area (Å²) in [6, 6.07) is 22.2. The summed E-state index contributed by atoms with van der Waals surface area (Å²) >= 11 is 6.22. The smallest absolute Gasteiger partial charge is 0.344 e. The van der Waals surface area contributed by atoms with Gasteiger partial charge in [-0.05, 0) is 34.7 Å². The number of hydrogen-bond donors (Lipinski definition) is 2. The average Bonchev–Trinajstić information content (AvgIpc) is 2.92. The molecular formula is C31H32ClF3N2O3. The first-order valence-corrected chi connectivity index (χ1v) is 13.3. The molecule has 9 heteroatoms. The van der Waals surface area contributed by atoms with Crippen molar-refractivity contribution in [1.82, 2.24) is 10.6 Å². The van der Waals surface area contributed by atoms with Gasteiger partial charge in [0.1, 0.15) is 6.04 Å². The molecule has 212 valence electrons. The monoisotopic (exact) mass is 572 g/mol. The second kappa shape index (κ2) is 13.6. The van der Waals surface area contributed by atoms with Gasteiger partial charge in [0.2, 0.25) is 11.8 Å². The van der Waals surface area contributed by atoms with Gasteiger partial charge in [0, 0.05) is 23.3 Å². The highest BCUT2D eigenvalue weighted by molar-refractivity contribution is 6.30. The number of hydrogen-bond acceptors (Lipinski definition) is 3. The number of halogens is 4. The zero-order valence-electron chi connectivity index (χ0n) is 22.4. The number of carbonyl (C=O) groups is 3. The first kappa shape index (κ1) is 30.9. The number of nitrogens with one attached hydrogen (secondary N) is 2. The Morgan fingerprint density at radius 1 is 0.750 bits per heavy atom. The van der Waals surface area contributed by atoms with Crippen LogP contribution in [-0.2, 0) is 14.4 Å². The second-order valence-corrected chi connectivity index (χ2v) is 10.5. The zero-order chi connectivity index (χ0) is 29.4. The fourth-order valence-corrected chi connectivity index (χ4v) is 4.77. The molecule has 3 aromatic carbocycles. The van der Waals surface area contributed by atoms with Crippen molar-refractivity contribution in [3.05, 3.63) is 107 Å². The maximum atomic E-state index is 13.5. The molecule has 0 bridgehead atoms. The summed E-state index contributed by atoms with van der Waals surface area (Å²) in [6.45, 7) is 4.53. The predicted molar refractivity (Wildman–Crippen MR) is 149 cm³/mol. The van der Waals surface area contributed by atoms with E-state index in [2.05, 4.69) is 10.6 Å². The van der Waals surface area contributed by atoms with E-state index in [4.69, 9.17) is 11.6 Å². The first-order valence-electron chi connectivity index (χ1n) is 12.9. The summed E-state index contributed by atoms with van der Waals surface area (Å²) in [7, 11) is 0. The molecule has 0 aliphatic carbocycles. The predicted octanol–water partition coefficient (Wildman–Crippen LogP) is 6.42. The van der Waals surface area contributed by atoms with Crippen molar-refractivity contribution in [2.24, 2.45) is 5.92 Å². The number of Topliss-reactive ketones (excluding diaryl/α,β-unsaturated/α-hetero) is 1. The summed E-state index contributed by atoms with van der Waals surface area (Å²) in [5, 5.41) is 5.51. The van der Waals surface area contributed by atoms with E-state index >= 15 is 0 Å². The van der Waals surface area contributed by atoms with E-state index in [-0.39, 0.29) is 6.42 Å². The second-order valence-electron chi connectivity index (χ2n) is 10.1. The van der Waals surface area contributed by atoms with Crippen molar-refractivity contribution in [3.8, 4) is 0 Å². The van der Waals surface area contributed by atoms with Crippen molar-refractivity contribution >= 4 is 29.2 Å². The minimum atomic E-state index is -5.12. The fraction of sp³-hybridized carbons (Fsp3) is 0.323. The third kappa shape index (κ3) is 8.18. The van der Waals surface area contributed by atoms with E-state index in [1.165, 1.54) is 13.8 Å². The summed E-state index contributed by atoms with van der Waals surface area (Å²) < 4.78 is 39.8. The summed E-state index contributed by atoms with van der Waals surface area (Å²) in [5.41, 5.74) is 2.34. The standard InChI is InChI=1S/C31H32ClF3N2O3/c1-19(2)27(29(39)31(33,34)35)37-30(40)28(20(3)21-11-6-4-7-12-21)36-26(38)18-25(22-13-8-5-9-14-22)23-15-10-16-24(32)17-23/h4-17,19-20,25,27-28H,18H2,1-3H3,(H,36,38)(H,37,40)/t20-,25?,27-,28?/m0/s1. The van der Waals surface area contributed by atoms with E-state index in [1.54, 1.807) is 55.5 Å². The molecule has 0 saturated heterocycles. The average molecular weight is 573 g/mol. The molecule has 2 N–H and O–H groups in total. The van der Waals surface area contributed by atoms with Crippen molar-refractivity contribution in [1.29, 1.82) is 0 Å². The van der Waals surface area contributed by atoms with Crippen LogP contribution in [0, 0.1) is 5.92 Å². The first-order chi connectivity index (χ1) is 18.9. The third-order valence-corrected chi connectivity index (χ3v) is 7.03. The lowest BCUT2D eigenvalue weighted by Gasteiger charge is -2.29. The molecule has 0 fully saturated rings. The minimum absolute atomic E-state index is 0.0509. The highest BCUT2D eigenvalue weighted by atomic mass is 35.5. The van der Waals surface area contributed by atoms with Crippen LogP contribution in [0.4, 0.5) is 13.2 Å². The number of ketones is 1. The largest absolute Gasteiger partial charge is 0.452 e. The van der Waals surface area contributed by atoms with Crippen LogP contribution in [0.5, 0.6) is 0 Å². The Bertz CT molecular complexity index is 1300. The summed E-state index contributed by atoms with van der Waals surface area (Å²) in [6.07, 6.45) is -5.17. The number of carbonyl (C=O) groups excluding carboxylic acids is 3. The molecule has 0 saturated carbocycles. The van der Waals surface area contributed by atoms with Gasteiger partial charge in [-0.15, -0.1) is 0 Å². The van der Waals surface area contributed by atoms with E-state index < -0.39 is 53.6 Å². The number of rotatable bonds is 11. The van der Waals surface area contributed by atoms with E-state index in [0.29, 0.717) is 10.6 Å². The molecule has 2 unspecified atom stereocenters. The van der Waals surface area contributed by atoms with Crippen LogP contribution >= 0.6 is 11.6 Å².